The zero-order chi connectivity index (χ0) is 11.8. The van der Waals surface area contributed by atoms with E-state index in [9.17, 15) is 9.59 Å². The van der Waals surface area contributed by atoms with Crippen molar-refractivity contribution in [1.29, 1.82) is 0 Å². The number of carboxylic acid groups (broad SMARTS) is 2. The van der Waals surface area contributed by atoms with Gasteiger partial charge in [-0.1, -0.05) is 0 Å². The molecule has 0 amide bonds. The molecule has 0 bridgehead atoms. The van der Waals surface area contributed by atoms with Crippen LogP contribution in [0.15, 0.2) is 0 Å². The van der Waals surface area contributed by atoms with Crippen LogP contribution in [0.1, 0.15) is 13.8 Å². The van der Waals surface area contributed by atoms with E-state index in [0.29, 0.717) is 0 Å². The third-order valence-corrected chi connectivity index (χ3v) is 3.84. The molecule has 0 aromatic rings. The van der Waals surface area contributed by atoms with Gasteiger partial charge in [-0.3, -0.25) is 14.9 Å². The third-order valence-electron chi connectivity index (χ3n) is 2.32. The van der Waals surface area contributed by atoms with Crippen molar-refractivity contribution in [1.82, 2.24) is 5.32 Å². The van der Waals surface area contributed by atoms with Gasteiger partial charge in [0.2, 0.25) is 0 Å². The number of rotatable bonds is 3. The summed E-state index contributed by atoms with van der Waals surface area (Å²) in [5, 5.41) is 19.8. The standard InChI is InChI=1S/C8H14N2O4S/c1-8(2)4(7(13)14)10-5(15-8)3(9)6(11)12/h3-5,10H,9H2,1-2H3,(H,11,12)(H,13,14)/t3-,4?,5+/m0/s1. The van der Waals surface area contributed by atoms with E-state index in [0.717, 1.165) is 0 Å². The maximum absolute atomic E-state index is 10.9. The minimum atomic E-state index is -1.14. The predicted octanol–water partition coefficient (Wildman–Crippen LogP) is -0.707. The zero-order valence-corrected chi connectivity index (χ0v) is 9.25. The van der Waals surface area contributed by atoms with E-state index in [4.69, 9.17) is 15.9 Å². The van der Waals surface area contributed by atoms with E-state index in [2.05, 4.69) is 5.32 Å². The molecule has 0 aromatic heterocycles. The van der Waals surface area contributed by atoms with Crippen LogP contribution in [0.2, 0.25) is 0 Å². The molecule has 1 aliphatic heterocycles. The van der Waals surface area contributed by atoms with Crippen LogP contribution in [0.3, 0.4) is 0 Å². The van der Waals surface area contributed by atoms with Gasteiger partial charge in [-0.05, 0) is 13.8 Å². The van der Waals surface area contributed by atoms with Crippen LogP contribution in [0.4, 0.5) is 0 Å². The second-order valence-corrected chi connectivity index (χ2v) is 5.74. The van der Waals surface area contributed by atoms with Gasteiger partial charge in [0, 0.05) is 4.75 Å². The van der Waals surface area contributed by atoms with Gasteiger partial charge in [0.25, 0.3) is 0 Å². The Labute approximate surface area is 91.2 Å². The van der Waals surface area contributed by atoms with Gasteiger partial charge in [-0.15, -0.1) is 11.8 Å². The van der Waals surface area contributed by atoms with Crippen LogP contribution >= 0.6 is 11.8 Å². The fourth-order valence-electron chi connectivity index (χ4n) is 1.47. The number of nitrogens with two attached hydrogens (primary N) is 1. The molecule has 7 heteroatoms. The highest BCUT2D eigenvalue weighted by Crippen LogP contribution is 2.38. The quantitative estimate of drug-likeness (QED) is 0.510. The molecular weight excluding hydrogens is 220 g/mol. The minimum absolute atomic E-state index is 0.566. The highest BCUT2D eigenvalue weighted by atomic mass is 32.2. The molecule has 0 radical (unpaired) electrons. The summed E-state index contributed by atoms with van der Waals surface area (Å²) in [7, 11) is 0. The van der Waals surface area contributed by atoms with Crippen molar-refractivity contribution in [3.8, 4) is 0 Å². The Bertz CT molecular complexity index is 294. The number of carboxylic acids is 2. The van der Waals surface area contributed by atoms with Crippen LogP contribution in [-0.2, 0) is 9.59 Å². The SMILES string of the molecule is CC1(C)S[C@H]([C@H](N)C(=O)O)NC1C(=O)O. The first kappa shape index (κ1) is 12.3. The maximum Gasteiger partial charge on any atom is 0.323 e. The molecule has 6 nitrogen and oxygen atoms in total. The zero-order valence-electron chi connectivity index (χ0n) is 8.43. The molecule has 15 heavy (non-hydrogen) atoms. The second-order valence-electron chi connectivity index (χ2n) is 3.94. The average Bonchev–Trinajstić information content (AvgIpc) is 2.39. The van der Waals surface area contributed by atoms with Crippen LogP contribution in [0, 0.1) is 0 Å². The van der Waals surface area contributed by atoms with Crippen molar-refractivity contribution in [3.05, 3.63) is 0 Å². The summed E-state index contributed by atoms with van der Waals surface area (Å²) in [6.45, 7) is 3.50. The van der Waals surface area contributed by atoms with Gasteiger partial charge < -0.3 is 15.9 Å². The van der Waals surface area contributed by atoms with Crippen molar-refractivity contribution in [2.45, 2.75) is 36.1 Å². The van der Waals surface area contributed by atoms with Crippen molar-refractivity contribution < 1.29 is 19.8 Å². The van der Waals surface area contributed by atoms with Crippen molar-refractivity contribution in [2.75, 3.05) is 0 Å². The molecule has 86 valence electrons. The van der Waals surface area contributed by atoms with E-state index in [-0.39, 0.29) is 0 Å². The van der Waals surface area contributed by atoms with Gasteiger partial charge >= 0.3 is 11.9 Å². The molecule has 5 N–H and O–H groups in total. The second kappa shape index (κ2) is 3.99. The molecule has 0 aromatic carbocycles. The van der Waals surface area contributed by atoms with Gasteiger partial charge in [0.05, 0.1) is 5.37 Å². The van der Waals surface area contributed by atoms with E-state index in [1.165, 1.54) is 11.8 Å². The van der Waals surface area contributed by atoms with Crippen LogP contribution in [-0.4, -0.2) is 44.4 Å². The predicted molar refractivity (Wildman–Crippen MR) is 55.6 cm³/mol. The van der Waals surface area contributed by atoms with Crippen molar-refractivity contribution >= 4 is 23.7 Å². The largest absolute Gasteiger partial charge is 0.480 e. The minimum Gasteiger partial charge on any atom is -0.480 e. The summed E-state index contributed by atoms with van der Waals surface area (Å²) in [6, 6.07) is -1.88. The Kier molecular flexibility index (Phi) is 3.27. The molecule has 1 heterocycles. The lowest BCUT2D eigenvalue weighted by Crippen LogP contribution is -2.50. The van der Waals surface area contributed by atoms with Crippen LogP contribution in [0.5, 0.6) is 0 Å². The normalized spacial score (nSPS) is 31.1. The Morgan fingerprint density at radius 2 is 2.00 bits per heavy atom. The first-order valence-corrected chi connectivity index (χ1v) is 5.28. The molecule has 1 fully saturated rings. The molecule has 0 aliphatic carbocycles. The van der Waals surface area contributed by atoms with E-state index < -0.39 is 34.1 Å². The van der Waals surface area contributed by atoms with E-state index in [1.54, 1.807) is 13.8 Å². The molecule has 1 aliphatic rings. The number of hydrogen-bond donors (Lipinski definition) is 4. The monoisotopic (exact) mass is 234 g/mol. The van der Waals surface area contributed by atoms with Gasteiger partial charge in [0.15, 0.2) is 0 Å². The summed E-state index contributed by atoms with van der Waals surface area (Å²) in [6.07, 6.45) is 0. The number of hydrogen-bond acceptors (Lipinski definition) is 5. The first-order chi connectivity index (χ1) is 6.75. The first-order valence-electron chi connectivity index (χ1n) is 4.41. The summed E-state index contributed by atoms with van der Waals surface area (Å²) < 4.78 is -0.566. The molecule has 1 saturated heterocycles. The highest BCUT2D eigenvalue weighted by molar-refractivity contribution is 8.01. The number of carbonyl (C=O) groups is 2. The van der Waals surface area contributed by atoms with E-state index >= 15 is 0 Å². The van der Waals surface area contributed by atoms with Gasteiger partial charge in [0.1, 0.15) is 12.1 Å². The van der Waals surface area contributed by atoms with Crippen molar-refractivity contribution in [3.63, 3.8) is 0 Å². The topological polar surface area (TPSA) is 113 Å². The smallest absolute Gasteiger partial charge is 0.323 e. The third kappa shape index (κ3) is 2.42. The molecule has 1 unspecified atom stereocenters. The molecule has 0 spiro atoms. The van der Waals surface area contributed by atoms with Crippen LogP contribution in [0.25, 0.3) is 0 Å². The highest BCUT2D eigenvalue weighted by Gasteiger charge is 2.48. The van der Waals surface area contributed by atoms with Gasteiger partial charge in [-0.25, -0.2) is 0 Å². The fraction of sp³-hybridized carbons (Fsp3) is 0.750. The lowest BCUT2D eigenvalue weighted by molar-refractivity contribution is -0.141. The lowest BCUT2D eigenvalue weighted by atomic mass is 10.0. The summed E-state index contributed by atoms with van der Waals surface area (Å²) >= 11 is 1.24. The molecule has 0 saturated carbocycles. The average molecular weight is 234 g/mol. The Morgan fingerprint density at radius 3 is 2.33 bits per heavy atom. The summed E-state index contributed by atoms with van der Waals surface area (Å²) in [4.78, 5) is 21.5. The molecule has 1 rings (SSSR count). The van der Waals surface area contributed by atoms with Gasteiger partial charge in [-0.2, -0.15) is 0 Å². The Morgan fingerprint density at radius 1 is 1.47 bits per heavy atom. The Balaban J connectivity index is 2.78. The number of thioether (sulfide) groups is 1. The molecular formula is C8H14N2O4S. The van der Waals surface area contributed by atoms with E-state index in [1.807, 2.05) is 0 Å². The maximum atomic E-state index is 10.9. The summed E-state index contributed by atoms with van der Waals surface area (Å²) in [5.74, 6) is -2.13. The fourth-order valence-corrected chi connectivity index (χ4v) is 2.90. The number of nitrogens with one attached hydrogen (secondary N) is 1. The van der Waals surface area contributed by atoms with Crippen LogP contribution < -0.4 is 11.1 Å². The molecule has 3 atom stereocenters. The van der Waals surface area contributed by atoms with Crippen molar-refractivity contribution in [2.24, 2.45) is 5.73 Å². The lowest BCUT2D eigenvalue weighted by Gasteiger charge is -2.20. The Hall–Kier alpha value is -0.790. The summed E-state index contributed by atoms with van der Waals surface area (Å²) in [5.41, 5.74) is 5.43. The number of aliphatic carboxylic acids is 2.